The number of nitrogens with one attached hydrogen (secondary N) is 3. The predicted molar refractivity (Wildman–Crippen MR) is 92.5 cm³/mol. The maximum absolute atomic E-state index is 12.4. The fraction of sp³-hybridized carbons (Fsp3) is 0.500. The molecule has 3 atom stereocenters. The van der Waals surface area contributed by atoms with Gasteiger partial charge in [-0.1, -0.05) is 19.9 Å². The monoisotopic (exact) mass is 399 g/mol. The van der Waals surface area contributed by atoms with Crippen LogP contribution in [-0.4, -0.2) is 36.2 Å². The summed E-state index contributed by atoms with van der Waals surface area (Å²) in [4.78, 5) is 24.0. The van der Waals surface area contributed by atoms with Gasteiger partial charge in [-0.15, -0.1) is 0 Å². The molecular weight excluding hydrogens is 378 g/mol. The molecule has 1 aliphatic heterocycles. The number of methoxy groups -OCH3 is 1. The normalized spacial score (nSPS) is 21.5. The number of ether oxygens (including phenoxy) is 1. The van der Waals surface area contributed by atoms with E-state index in [9.17, 15) is 14.7 Å². The van der Waals surface area contributed by atoms with Crippen molar-refractivity contribution in [2.45, 2.75) is 38.4 Å². The van der Waals surface area contributed by atoms with E-state index in [1.807, 2.05) is 0 Å². The number of amides is 1. The standard InChI is InChI=1S/C16H22BrN3O4/c1-8(2)11-7-12(20-19-11)15(21)18-14(16(22)23)9-4-5-13(24-3)10(17)6-9/h4-6,8,11-12,14,19-20H,7H2,1-3H3,(H,18,21)(H,22,23). The molecule has 4 N–H and O–H groups in total. The third-order valence-electron chi connectivity index (χ3n) is 4.10. The maximum atomic E-state index is 12.4. The SMILES string of the molecule is COc1ccc(C(NC(=O)C2CC(C(C)C)NN2)C(=O)O)cc1Br. The number of carboxylic acids is 1. The van der Waals surface area contributed by atoms with Crippen molar-refractivity contribution < 1.29 is 19.4 Å². The molecule has 1 aliphatic rings. The van der Waals surface area contributed by atoms with E-state index in [4.69, 9.17) is 4.74 Å². The summed E-state index contributed by atoms with van der Waals surface area (Å²) in [5.41, 5.74) is 6.47. The number of benzene rings is 1. The van der Waals surface area contributed by atoms with Gasteiger partial charge >= 0.3 is 5.97 Å². The number of hydrazine groups is 1. The molecule has 132 valence electrons. The fourth-order valence-corrected chi connectivity index (χ4v) is 3.14. The smallest absolute Gasteiger partial charge is 0.330 e. The van der Waals surface area contributed by atoms with E-state index < -0.39 is 18.1 Å². The third-order valence-corrected chi connectivity index (χ3v) is 4.72. The van der Waals surface area contributed by atoms with E-state index >= 15 is 0 Å². The van der Waals surface area contributed by atoms with Crippen LogP contribution < -0.4 is 20.9 Å². The third kappa shape index (κ3) is 4.25. The second-order valence-electron chi connectivity index (χ2n) is 6.10. The van der Waals surface area contributed by atoms with Crippen LogP contribution >= 0.6 is 15.9 Å². The summed E-state index contributed by atoms with van der Waals surface area (Å²) in [6, 6.07) is 3.51. The van der Waals surface area contributed by atoms with Gasteiger partial charge in [0.2, 0.25) is 5.91 Å². The molecule has 0 spiro atoms. The zero-order valence-corrected chi connectivity index (χ0v) is 15.4. The van der Waals surface area contributed by atoms with Crippen LogP contribution in [0.1, 0.15) is 31.9 Å². The van der Waals surface area contributed by atoms with Crippen LogP contribution in [0.15, 0.2) is 22.7 Å². The summed E-state index contributed by atoms with van der Waals surface area (Å²) in [5, 5.41) is 12.1. The highest BCUT2D eigenvalue weighted by Gasteiger charge is 2.33. The highest BCUT2D eigenvalue weighted by atomic mass is 79.9. The van der Waals surface area contributed by atoms with E-state index in [2.05, 4.69) is 45.9 Å². The lowest BCUT2D eigenvalue weighted by Gasteiger charge is -2.18. The Bertz CT molecular complexity index is 623. The average Bonchev–Trinajstić information content (AvgIpc) is 3.02. The number of carboxylic acid groups (broad SMARTS) is 1. The minimum atomic E-state index is -1.13. The number of hydrogen-bond acceptors (Lipinski definition) is 5. The molecule has 0 aromatic heterocycles. The molecule has 1 fully saturated rings. The molecule has 1 heterocycles. The molecule has 1 aromatic rings. The molecule has 24 heavy (non-hydrogen) atoms. The van der Waals surface area contributed by atoms with Crippen molar-refractivity contribution in [1.29, 1.82) is 0 Å². The van der Waals surface area contributed by atoms with Gasteiger partial charge in [-0.3, -0.25) is 10.2 Å². The first kappa shape index (κ1) is 18.7. The molecule has 0 saturated carbocycles. The van der Waals surface area contributed by atoms with E-state index in [1.165, 1.54) is 7.11 Å². The summed E-state index contributed by atoms with van der Waals surface area (Å²) < 4.78 is 5.77. The van der Waals surface area contributed by atoms with Gasteiger partial charge in [0, 0.05) is 6.04 Å². The number of halogens is 1. The molecule has 1 saturated heterocycles. The van der Waals surface area contributed by atoms with Crippen LogP contribution in [0.25, 0.3) is 0 Å². The molecule has 0 aliphatic carbocycles. The van der Waals surface area contributed by atoms with Crippen molar-refractivity contribution in [3.05, 3.63) is 28.2 Å². The Balaban J connectivity index is 2.10. The van der Waals surface area contributed by atoms with Gasteiger partial charge < -0.3 is 15.2 Å². The van der Waals surface area contributed by atoms with Gasteiger partial charge in [0.25, 0.3) is 0 Å². The van der Waals surface area contributed by atoms with Crippen molar-refractivity contribution >= 4 is 27.8 Å². The molecule has 8 heteroatoms. The quantitative estimate of drug-likeness (QED) is 0.579. The Kier molecular flexibility index (Phi) is 6.20. The average molecular weight is 400 g/mol. The van der Waals surface area contributed by atoms with Crippen molar-refractivity contribution in [1.82, 2.24) is 16.2 Å². The van der Waals surface area contributed by atoms with Gasteiger partial charge in [-0.25, -0.2) is 10.2 Å². The summed E-state index contributed by atoms with van der Waals surface area (Å²) in [6.07, 6.45) is 0.613. The highest BCUT2D eigenvalue weighted by Crippen LogP contribution is 2.28. The van der Waals surface area contributed by atoms with Crippen molar-refractivity contribution in [3.63, 3.8) is 0 Å². The van der Waals surface area contributed by atoms with Gasteiger partial charge in [0.15, 0.2) is 6.04 Å². The van der Waals surface area contributed by atoms with E-state index in [1.54, 1.807) is 18.2 Å². The van der Waals surface area contributed by atoms with E-state index in [0.717, 1.165) is 0 Å². The van der Waals surface area contributed by atoms with Crippen molar-refractivity contribution in [2.75, 3.05) is 7.11 Å². The van der Waals surface area contributed by atoms with E-state index in [-0.39, 0.29) is 11.9 Å². The van der Waals surface area contributed by atoms with Crippen LogP contribution in [0.4, 0.5) is 0 Å². The van der Waals surface area contributed by atoms with Gasteiger partial charge in [0.05, 0.1) is 11.6 Å². The number of hydrogen-bond donors (Lipinski definition) is 4. The summed E-state index contributed by atoms with van der Waals surface area (Å²) in [5.74, 6) is -0.490. The van der Waals surface area contributed by atoms with Crippen molar-refractivity contribution in [2.24, 2.45) is 5.92 Å². The maximum Gasteiger partial charge on any atom is 0.330 e. The number of carbonyl (C=O) groups excluding carboxylic acids is 1. The zero-order valence-electron chi connectivity index (χ0n) is 13.8. The number of aliphatic carboxylic acids is 1. The largest absolute Gasteiger partial charge is 0.496 e. The van der Waals surface area contributed by atoms with Crippen LogP contribution in [-0.2, 0) is 9.59 Å². The van der Waals surface area contributed by atoms with Gasteiger partial charge in [0.1, 0.15) is 11.8 Å². The fourth-order valence-electron chi connectivity index (χ4n) is 2.58. The van der Waals surface area contributed by atoms with Crippen LogP contribution in [0.3, 0.4) is 0 Å². The number of carbonyl (C=O) groups is 2. The Morgan fingerprint density at radius 3 is 2.58 bits per heavy atom. The molecule has 2 rings (SSSR count). The minimum absolute atomic E-state index is 0.180. The van der Waals surface area contributed by atoms with Crippen molar-refractivity contribution in [3.8, 4) is 5.75 Å². The van der Waals surface area contributed by atoms with Crippen LogP contribution in [0, 0.1) is 5.92 Å². The molecule has 0 radical (unpaired) electrons. The summed E-state index contributed by atoms with van der Waals surface area (Å²) in [7, 11) is 1.53. The first-order chi connectivity index (χ1) is 11.3. The summed E-state index contributed by atoms with van der Waals surface area (Å²) in [6.45, 7) is 4.13. The Morgan fingerprint density at radius 1 is 1.38 bits per heavy atom. The Hall–Kier alpha value is -1.64. The first-order valence-corrected chi connectivity index (χ1v) is 8.50. The first-order valence-electron chi connectivity index (χ1n) is 7.71. The highest BCUT2D eigenvalue weighted by molar-refractivity contribution is 9.10. The number of rotatable bonds is 6. The van der Waals surface area contributed by atoms with Crippen LogP contribution in [0.5, 0.6) is 5.75 Å². The van der Waals surface area contributed by atoms with Gasteiger partial charge in [-0.05, 0) is 46.0 Å². The molecule has 0 bridgehead atoms. The molecule has 3 unspecified atom stereocenters. The lowest BCUT2D eigenvalue weighted by molar-refractivity contribution is -0.142. The zero-order chi connectivity index (χ0) is 17.9. The molecule has 1 amide bonds. The Labute approximate surface area is 149 Å². The predicted octanol–water partition coefficient (Wildman–Crippen LogP) is 1.59. The lowest BCUT2D eigenvalue weighted by atomic mass is 9.99. The lowest BCUT2D eigenvalue weighted by Crippen LogP contribution is -2.46. The molecule has 1 aromatic carbocycles. The topological polar surface area (TPSA) is 99.7 Å². The second kappa shape index (κ2) is 7.96. The minimum Gasteiger partial charge on any atom is -0.496 e. The van der Waals surface area contributed by atoms with Gasteiger partial charge in [-0.2, -0.15) is 0 Å². The second-order valence-corrected chi connectivity index (χ2v) is 6.96. The molecular formula is C16H22BrN3O4. The molecule has 7 nitrogen and oxygen atoms in total. The summed E-state index contributed by atoms with van der Waals surface area (Å²) >= 11 is 3.33. The Morgan fingerprint density at radius 2 is 2.08 bits per heavy atom. The van der Waals surface area contributed by atoms with E-state index in [0.29, 0.717) is 28.1 Å². The van der Waals surface area contributed by atoms with Crippen LogP contribution in [0.2, 0.25) is 0 Å².